The zero-order valence-electron chi connectivity index (χ0n) is 17.9. The maximum absolute atomic E-state index is 3.66. The molecule has 1 aliphatic carbocycles. The van der Waals surface area contributed by atoms with Crippen LogP contribution in [0.25, 0.3) is 0 Å². The van der Waals surface area contributed by atoms with E-state index in [4.69, 9.17) is 0 Å². The Bertz CT molecular complexity index is 284. The van der Waals surface area contributed by atoms with Crippen molar-refractivity contribution in [2.24, 2.45) is 0 Å². The van der Waals surface area contributed by atoms with E-state index in [1.807, 2.05) is 13.8 Å². The van der Waals surface area contributed by atoms with Gasteiger partial charge in [0.15, 0.2) is 0 Å². The Morgan fingerprint density at radius 1 is 0.783 bits per heavy atom. The molecule has 1 saturated carbocycles. The van der Waals surface area contributed by atoms with Gasteiger partial charge in [-0.15, -0.1) is 13.8 Å². The van der Waals surface area contributed by atoms with Crippen LogP contribution in [0, 0.1) is 13.8 Å². The van der Waals surface area contributed by atoms with Crippen LogP contribution in [0.15, 0.2) is 11.1 Å². The summed E-state index contributed by atoms with van der Waals surface area (Å²) in [5.74, 6) is 0. The Kier molecular flexibility index (Phi) is 16.2. The first-order valence-corrected chi connectivity index (χ1v) is 16.2. The largest absolute Gasteiger partial charge is 4.00 e. The topological polar surface area (TPSA) is 0 Å². The number of hydrogen-bond donors (Lipinski definition) is 0. The molecular weight excluding hydrogens is 388 g/mol. The van der Waals surface area contributed by atoms with E-state index in [0.717, 1.165) is 22.2 Å². The van der Waals surface area contributed by atoms with Crippen LogP contribution in [0.4, 0.5) is 0 Å². The summed E-state index contributed by atoms with van der Waals surface area (Å²) in [4.78, 5) is 0. The van der Waals surface area contributed by atoms with E-state index < -0.39 is 16.1 Å². The molecule has 23 heavy (non-hydrogen) atoms. The van der Waals surface area contributed by atoms with Crippen molar-refractivity contribution in [1.82, 2.24) is 0 Å². The maximum Gasteiger partial charge on any atom is 4.00 e. The standard InChI is InChI=1S/C11H26Si2.C6H10.C3H8.Zr/c1-12(2,3)10-7-8-11(9-10)13(4,5)6;1-5(2)6(3)4;1-3-2;/h10-11H,7-9H2,1-6H3;1,3H2,2,4H3;3H2,1-2H3;/q;-2;;+4/b;6-5-;;. The van der Waals surface area contributed by atoms with Crippen LogP contribution in [-0.2, 0) is 26.2 Å². The van der Waals surface area contributed by atoms with Gasteiger partial charge >= 0.3 is 26.2 Å². The molecule has 0 heterocycles. The molecule has 2 atom stereocenters. The van der Waals surface area contributed by atoms with Gasteiger partial charge in [-0.1, -0.05) is 78.8 Å². The summed E-state index contributed by atoms with van der Waals surface area (Å²) >= 11 is 0. The first-order valence-electron chi connectivity index (χ1n) is 9.08. The zero-order valence-corrected chi connectivity index (χ0v) is 22.4. The average Bonchev–Trinajstić information content (AvgIpc) is 2.78. The third-order valence-electron chi connectivity index (χ3n) is 4.61. The van der Waals surface area contributed by atoms with Gasteiger partial charge in [0, 0.05) is 16.1 Å². The Labute approximate surface area is 170 Å². The SMILES string of the molecule is CCC.C[Si](C)(C)C1CCC([Si](C)(C)C)C1.[CH2-]/C(C)=C(\[CH2-])C.[Zr+4]. The zero-order chi connectivity index (χ0) is 18.1. The molecule has 3 heteroatoms. The van der Waals surface area contributed by atoms with Gasteiger partial charge in [0.05, 0.1) is 0 Å². The number of allylic oxidation sites excluding steroid dienone is 2. The molecule has 1 rings (SSSR count). The fraction of sp³-hybridized carbons (Fsp3) is 0.800. The molecule has 0 aromatic rings. The Balaban J connectivity index is -0.000000339. The second-order valence-corrected chi connectivity index (χ2v) is 20.3. The minimum Gasteiger partial charge on any atom is -0.367 e. The van der Waals surface area contributed by atoms with Gasteiger partial charge in [-0.25, -0.2) is 0 Å². The van der Waals surface area contributed by atoms with E-state index in [1.54, 1.807) is 19.3 Å². The minimum absolute atomic E-state index is 0. The average molecular weight is 432 g/mol. The normalized spacial score (nSPS) is 21.8. The molecule has 0 aliphatic heterocycles. The van der Waals surface area contributed by atoms with Crippen molar-refractivity contribution in [2.45, 2.75) is 104 Å². The van der Waals surface area contributed by atoms with Crippen molar-refractivity contribution in [1.29, 1.82) is 0 Å². The Hall–Kier alpha value is 0.797. The van der Waals surface area contributed by atoms with Crippen molar-refractivity contribution < 1.29 is 26.2 Å². The molecule has 0 radical (unpaired) electrons. The third-order valence-corrected chi connectivity index (χ3v) is 10.6. The van der Waals surface area contributed by atoms with Crippen molar-refractivity contribution in [3.05, 3.63) is 25.0 Å². The van der Waals surface area contributed by atoms with Crippen molar-refractivity contribution in [3.8, 4) is 0 Å². The van der Waals surface area contributed by atoms with Gasteiger partial charge in [0.2, 0.25) is 0 Å². The second kappa shape index (κ2) is 13.1. The molecule has 2 unspecified atom stereocenters. The van der Waals surface area contributed by atoms with Gasteiger partial charge < -0.3 is 25.0 Å². The van der Waals surface area contributed by atoms with E-state index in [2.05, 4.69) is 67.0 Å². The molecule has 0 nitrogen and oxygen atoms in total. The molecule has 0 N–H and O–H groups in total. The van der Waals surface area contributed by atoms with Crippen LogP contribution in [0.3, 0.4) is 0 Å². The first-order chi connectivity index (χ1) is 9.77. The third kappa shape index (κ3) is 14.8. The van der Waals surface area contributed by atoms with Crippen molar-refractivity contribution in [3.63, 3.8) is 0 Å². The van der Waals surface area contributed by atoms with E-state index >= 15 is 0 Å². The summed E-state index contributed by atoms with van der Waals surface area (Å²) in [6.45, 7) is 30.7. The summed E-state index contributed by atoms with van der Waals surface area (Å²) in [7, 11) is -1.65. The summed E-state index contributed by atoms with van der Waals surface area (Å²) in [6.07, 6.45) is 5.92. The molecule has 1 aliphatic rings. The van der Waals surface area contributed by atoms with Crippen molar-refractivity contribution in [2.75, 3.05) is 0 Å². The quantitative estimate of drug-likeness (QED) is 0.307. The van der Waals surface area contributed by atoms with Crippen LogP contribution in [0.1, 0.15) is 53.4 Å². The predicted molar refractivity (Wildman–Crippen MR) is 113 cm³/mol. The molecule has 0 saturated heterocycles. The van der Waals surface area contributed by atoms with E-state index in [9.17, 15) is 0 Å². The van der Waals surface area contributed by atoms with Gasteiger partial charge in [0.1, 0.15) is 0 Å². The molecule has 1 fully saturated rings. The van der Waals surface area contributed by atoms with E-state index in [-0.39, 0.29) is 26.2 Å². The van der Waals surface area contributed by atoms with Crippen LogP contribution >= 0.6 is 0 Å². The molecule has 0 spiro atoms. The summed E-state index contributed by atoms with van der Waals surface area (Å²) in [5.41, 5.74) is 4.39. The summed E-state index contributed by atoms with van der Waals surface area (Å²) in [5, 5.41) is 0. The minimum atomic E-state index is -0.823. The smallest absolute Gasteiger partial charge is 0.367 e. The molecule has 0 aromatic carbocycles. The van der Waals surface area contributed by atoms with Crippen LogP contribution < -0.4 is 0 Å². The van der Waals surface area contributed by atoms with Crippen molar-refractivity contribution >= 4 is 16.1 Å². The van der Waals surface area contributed by atoms with Gasteiger partial charge in [0.25, 0.3) is 0 Å². The van der Waals surface area contributed by atoms with Gasteiger partial charge in [-0.3, -0.25) is 0 Å². The number of hydrogen-bond acceptors (Lipinski definition) is 0. The molecule has 0 bridgehead atoms. The Morgan fingerprint density at radius 3 is 1.09 bits per heavy atom. The summed E-state index contributed by atoms with van der Waals surface area (Å²) in [6, 6.07) is 0. The van der Waals surface area contributed by atoms with E-state index in [0.29, 0.717) is 0 Å². The first kappa shape index (κ1) is 28.6. The van der Waals surface area contributed by atoms with Crippen LogP contribution in [0.2, 0.25) is 50.4 Å². The predicted octanol–water partition coefficient (Wildman–Crippen LogP) is 7.99. The second-order valence-electron chi connectivity index (χ2n) is 9.21. The molecule has 134 valence electrons. The van der Waals surface area contributed by atoms with E-state index in [1.165, 1.54) is 6.42 Å². The maximum atomic E-state index is 3.66. The summed E-state index contributed by atoms with van der Waals surface area (Å²) < 4.78 is 0. The molecule has 0 aromatic heterocycles. The van der Waals surface area contributed by atoms with Crippen LogP contribution in [-0.4, -0.2) is 16.1 Å². The molecular formula is C20H44Si2Zr+2. The molecule has 0 amide bonds. The number of rotatable bonds is 2. The fourth-order valence-corrected chi connectivity index (χ4v) is 6.84. The van der Waals surface area contributed by atoms with Gasteiger partial charge in [-0.05, 0) is 11.1 Å². The fourth-order valence-electron chi connectivity index (χ4n) is 2.55. The van der Waals surface area contributed by atoms with Gasteiger partial charge in [-0.2, -0.15) is 0 Å². The monoisotopic (exact) mass is 430 g/mol. The Morgan fingerprint density at radius 2 is 1.00 bits per heavy atom. The van der Waals surface area contributed by atoms with Crippen LogP contribution in [0.5, 0.6) is 0 Å².